The molecule has 0 spiro atoms. The SMILES string of the molecule is CCCn1c(CC(C)(C)OC)n[nH]c1=S. The zero-order chi connectivity index (χ0) is 11.5. The van der Waals surface area contributed by atoms with Crippen LogP contribution >= 0.6 is 12.2 Å². The monoisotopic (exact) mass is 229 g/mol. The Hall–Kier alpha value is -0.680. The molecule has 15 heavy (non-hydrogen) atoms. The smallest absolute Gasteiger partial charge is 0.195 e. The van der Waals surface area contributed by atoms with Crippen LogP contribution in [-0.4, -0.2) is 27.5 Å². The Balaban J connectivity index is 2.90. The molecule has 0 radical (unpaired) electrons. The molecule has 5 heteroatoms. The molecule has 4 nitrogen and oxygen atoms in total. The van der Waals surface area contributed by atoms with Gasteiger partial charge in [-0.15, -0.1) is 0 Å². The Morgan fingerprint density at radius 3 is 2.73 bits per heavy atom. The molecule has 1 N–H and O–H groups in total. The number of H-pyrrole nitrogens is 1. The van der Waals surface area contributed by atoms with Gasteiger partial charge in [-0.05, 0) is 32.5 Å². The van der Waals surface area contributed by atoms with E-state index in [9.17, 15) is 0 Å². The van der Waals surface area contributed by atoms with Crippen LogP contribution in [0.1, 0.15) is 33.0 Å². The van der Waals surface area contributed by atoms with Crippen LogP contribution in [0.25, 0.3) is 0 Å². The van der Waals surface area contributed by atoms with Crippen molar-refractivity contribution in [3.05, 3.63) is 10.6 Å². The average Bonchev–Trinajstić information content (AvgIpc) is 2.50. The van der Waals surface area contributed by atoms with Gasteiger partial charge in [-0.25, -0.2) is 0 Å². The lowest BCUT2D eigenvalue weighted by atomic mass is 10.1. The van der Waals surface area contributed by atoms with Gasteiger partial charge < -0.3 is 9.30 Å². The first kappa shape index (κ1) is 12.4. The molecule has 0 unspecified atom stereocenters. The second kappa shape index (κ2) is 4.90. The highest BCUT2D eigenvalue weighted by Gasteiger charge is 2.20. The first-order valence-corrected chi connectivity index (χ1v) is 5.60. The highest BCUT2D eigenvalue weighted by atomic mass is 32.1. The van der Waals surface area contributed by atoms with E-state index >= 15 is 0 Å². The molecule has 0 aliphatic carbocycles. The summed E-state index contributed by atoms with van der Waals surface area (Å²) in [5.41, 5.74) is -0.202. The minimum atomic E-state index is -0.202. The number of hydrogen-bond donors (Lipinski definition) is 1. The van der Waals surface area contributed by atoms with Crippen molar-refractivity contribution in [1.29, 1.82) is 0 Å². The minimum Gasteiger partial charge on any atom is -0.378 e. The normalized spacial score (nSPS) is 12.0. The van der Waals surface area contributed by atoms with Gasteiger partial charge in [-0.1, -0.05) is 6.92 Å². The number of aromatic nitrogens is 3. The number of nitrogens with one attached hydrogen (secondary N) is 1. The summed E-state index contributed by atoms with van der Waals surface area (Å²) in [4.78, 5) is 0. The van der Waals surface area contributed by atoms with Crippen molar-refractivity contribution < 1.29 is 4.74 Å². The average molecular weight is 229 g/mol. The summed E-state index contributed by atoms with van der Waals surface area (Å²) in [6.45, 7) is 7.12. The molecule has 1 rings (SSSR count). The Labute approximate surface area is 95.7 Å². The Morgan fingerprint density at radius 1 is 1.53 bits per heavy atom. The van der Waals surface area contributed by atoms with Crippen LogP contribution < -0.4 is 0 Å². The van der Waals surface area contributed by atoms with Crippen LogP contribution in [0.2, 0.25) is 0 Å². The zero-order valence-corrected chi connectivity index (χ0v) is 10.6. The number of rotatable bonds is 5. The van der Waals surface area contributed by atoms with Crippen molar-refractivity contribution in [2.45, 2.75) is 45.8 Å². The van der Waals surface area contributed by atoms with Gasteiger partial charge in [0.2, 0.25) is 0 Å². The quantitative estimate of drug-likeness (QED) is 0.788. The Kier molecular flexibility index (Phi) is 4.04. The van der Waals surface area contributed by atoms with Crippen molar-refractivity contribution in [1.82, 2.24) is 14.8 Å². The topological polar surface area (TPSA) is 42.8 Å². The highest BCUT2D eigenvalue weighted by molar-refractivity contribution is 7.71. The number of aromatic amines is 1. The summed E-state index contributed by atoms with van der Waals surface area (Å²) in [5.74, 6) is 0.966. The molecule has 0 atom stereocenters. The lowest BCUT2D eigenvalue weighted by Crippen LogP contribution is -2.27. The maximum atomic E-state index is 5.38. The summed E-state index contributed by atoms with van der Waals surface area (Å²) in [7, 11) is 1.71. The molecular formula is C10H19N3OS. The fourth-order valence-electron chi connectivity index (χ4n) is 1.39. The maximum absolute atomic E-state index is 5.38. The third-order valence-corrected chi connectivity index (χ3v) is 2.73. The standard InChI is InChI=1S/C10H19N3OS/c1-5-6-13-8(11-12-9(13)15)7-10(2,3)14-4/h5-7H2,1-4H3,(H,12,15). The van der Waals surface area contributed by atoms with Crippen LogP contribution in [0, 0.1) is 4.77 Å². The predicted octanol–water partition coefficient (Wildman–Crippen LogP) is 2.32. The molecule has 0 fully saturated rings. The van der Waals surface area contributed by atoms with Gasteiger partial charge in [0.1, 0.15) is 5.82 Å². The minimum absolute atomic E-state index is 0.202. The summed E-state index contributed by atoms with van der Waals surface area (Å²) in [6.07, 6.45) is 1.81. The molecule has 0 aliphatic rings. The fraction of sp³-hybridized carbons (Fsp3) is 0.800. The number of methoxy groups -OCH3 is 1. The molecule has 0 aliphatic heterocycles. The van der Waals surface area contributed by atoms with Gasteiger partial charge >= 0.3 is 0 Å². The van der Waals surface area contributed by atoms with E-state index in [1.54, 1.807) is 7.11 Å². The molecule has 1 heterocycles. The van der Waals surface area contributed by atoms with E-state index < -0.39 is 0 Å². The van der Waals surface area contributed by atoms with E-state index in [0.717, 1.165) is 25.2 Å². The molecule has 0 amide bonds. The van der Waals surface area contributed by atoms with Crippen molar-refractivity contribution >= 4 is 12.2 Å². The molecule has 1 aromatic heterocycles. The van der Waals surface area contributed by atoms with E-state index in [0.29, 0.717) is 4.77 Å². The number of nitrogens with zero attached hydrogens (tertiary/aromatic N) is 2. The second-order valence-electron chi connectivity index (χ2n) is 4.24. The highest BCUT2D eigenvalue weighted by Crippen LogP contribution is 2.14. The number of hydrogen-bond acceptors (Lipinski definition) is 3. The third kappa shape index (κ3) is 3.14. The molecule has 0 bridgehead atoms. The van der Waals surface area contributed by atoms with E-state index in [1.165, 1.54) is 0 Å². The molecule has 0 saturated heterocycles. The van der Waals surface area contributed by atoms with Crippen molar-refractivity contribution in [3.63, 3.8) is 0 Å². The summed E-state index contributed by atoms with van der Waals surface area (Å²) in [6, 6.07) is 0. The van der Waals surface area contributed by atoms with Gasteiger partial charge in [0.05, 0.1) is 5.60 Å². The van der Waals surface area contributed by atoms with Crippen molar-refractivity contribution in [2.75, 3.05) is 7.11 Å². The maximum Gasteiger partial charge on any atom is 0.195 e. The molecule has 0 saturated carbocycles. The predicted molar refractivity (Wildman–Crippen MR) is 62.5 cm³/mol. The Bertz CT molecular complexity index is 367. The van der Waals surface area contributed by atoms with Crippen molar-refractivity contribution in [2.24, 2.45) is 0 Å². The van der Waals surface area contributed by atoms with E-state index in [-0.39, 0.29) is 5.60 Å². The molecular weight excluding hydrogens is 210 g/mol. The second-order valence-corrected chi connectivity index (χ2v) is 4.62. The van der Waals surface area contributed by atoms with E-state index in [2.05, 4.69) is 17.1 Å². The zero-order valence-electron chi connectivity index (χ0n) is 9.83. The summed E-state index contributed by atoms with van der Waals surface area (Å²) < 4.78 is 8.11. The first-order chi connectivity index (χ1) is 7.00. The van der Waals surface area contributed by atoms with Crippen LogP contribution in [0.5, 0.6) is 0 Å². The first-order valence-electron chi connectivity index (χ1n) is 5.19. The van der Waals surface area contributed by atoms with Crippen LogP contribution in [0.4, 0.5) is 0 Å². The van der Waals surface area contributed by atoms with Crippen molar-refractivity contribution in [3.8, 4) is 0 Å². The molecule has 0 aromatic carbocycles. The fourth-order valence-corrected chi connectivity index (χ4v) is 1.63. The molecule has 86 valence electrons. The number of ether oxygens (including phenoxy) is 1. The van der Waals surface area contributed by atoms with Crippen LogP contribution in [-0.2, 0) is 17.7 Å². The molecule has 1 aromatic rings. The largest absolute Gasteiger partial charge is 0.378 e. The van der Waals surface area contributed by atoms with Crippen LogP contribution in [0.15, 0.2) is 0 Å². The van der Waals surface area contributed by atoms with Crippen LogP contribution in [0.3, 0.4) is 0 Å². The van der Waals surface area contributed by atoms with Gasteiger partial charge in [-0.2, -0.15) is 5.10 Å². The summed E-state index contributed by atoms with van der Waals surface area (Å²) in [5, 5.41) is 7.06. The Morgan fingerprint density at radius 2 is 2.20 bits per heavy atom. The lowest BCUT2D eigenvalue weighted by Gasteiger charge is -2.22. The van der Waals surface area contributed by atoms with Gasteiger partial charge in [0.15, 0.2) is 4.77 Å². The van der Waals surface area contributed by atoms with Gasteiger partial charge in [0.25, 0.3) is 0 Å². The van der Waals surface area contributed by atoms with Gasteiger partial charge in [0, 0.05) is 20.1 Å². The summed E-state index contributed by atoms with van der Waals surface area (Å²) >= 11 is 5.17. The third-order valence-electron chi connectivity index (χ3n) is 2.42. The lowest BCUT2D eigenvalue weighted by molar-refractivity contribution is 0.0208. The van der Waals surface area contributed by atoms with Gasteiger partial charge in [-0.3, -0.25) is 5.10 Å². The van der Waals surface area contributed by atoms with E-state index in [4.69, 9.17) is 17.0 Å². The van der Waals surface area contributed by atoms with E-state index in [1.807, 2.05) is 18.4 Å².